The molecule has 2 aliphatic rings. The van der Waals surface area contributed by atoms with E-state index in [0.29, 0.717) is 19.1 Å². The minimum Gasteiger partial charge on any atom is -0.339 e. The van der Waals surface area contributed by atoms with Crippen LogP contribution in [0.2, 0.25) is 0 Å². The summed E-state index contributed by atoms with van der Waals surface area (Å²) in [4.78, 5) is 17.2. The van der Waals surface area contributed by atoms with Gasteiger partial charge in [0.1, 0.15) is 0 Å². The van der Waals surface area contributed by atoms with E-state index in [2.05, 4.69) is 4.90 Å². The topological polar surface area (TPSA) is 60.9 Å². The van der Waals surface area contributed by atoms with Crippen molar-refractivity contribution in [2.45, 2.75) is 50.5 Å². The van der Waals surface area contributed by atoms with E-state index in [1.807, 2.05) is 13.8 Å². The van der Waals surface area contributed by atoms with E-state index in [0.717, 1.165) is 24.2 Å². The molecular weight excluding hydrogens is 362 g/mol. The molecule has 0 unspecified atom stereocenters. The molecule has 1 aliphatic carbocycles. The van der Waals surface area contributed by atoms with Gasteiger partial charge in [0.25, 0.3) is 0 Å². The van der Waals surface area contributed by atoms with Crippen LogP contribution in [0.1, 0.15) is 36.8 Å². The lowest BCUT2D eigenvalue weighted by molar-refractivity contribution is -0.133. The molecule has 1 aromatic carbocycles. The Hall–Kier alpha value is -1.44. The van der Waals surface area contributed by atoms with Gasteiger partial charge in [0, 0.05) is 39.3 Å². The summed E-state index contributed by atoms with van der Waals surface area (Å²) in [6, 6.07) is 5.76. The predicted octanol–water partition coefficient (Wildman–Crippen LogP) is 2.01. The first-order valence-electron chi connectivity index (χ1n) is 9.84. The fourth-order valence-electron chi connectivity index (χ4n) is 4.04. The molecule has 0 spiro atoms. The van der Waals surface area contributed by atoms with Crippen molar-refractivity contribution in [2.24, 2.45) is 0 Å². The van der Waals surface area contributed by atoms with Crippen molar-refractivity contribution < 1.29 is 13.2 Å². The standard InChI is InChI=1S/C20H31N3O3S/c1-16-8-9-19(14-17(16)2)27(25,26)21(3)15-20(24)23-12-10-22(11-13-23)18-6-4-5-7-18/h8-9,14,18H,4-7,10-13,15H2,1-3H3. The third-order valence-corrected chi connectivity index (χ3v) is 7.85. The third kappa shape index (κ3) is 4.52. The van der Waals surface area contributed by atoms with Crippen LogP contribution in [0, 0.1) is 13.8 Å². The molecule has 1 amide bonds. The van der Waals surface area contributed by atoms with Gasteiger partial charge in [0.05, 0.1) is 11.4 Å². The molecule has 0 atom stereocenters. The number of sulfonamides is 1. The largest absolute Gasteiger partial charge is 0.339 e. The average molecular weight is 394 g/mol. The van der Waals surface area contributed by atoms with Crippen molar-refractivity contribution in [3.63, 3.8) is 0 Å². The summed E-state index contributed by atoms with van der Waals surface area (Å²) in [5.41, 5.74) is 1.98. The number of nitrogens with zero attached hydrogens (tertiary/aromatic N) is 3. The van der Waals surface area contributed by atoms with E-state index in [1.165, 1.54) is 37.0 Å². The Bertz CT molecular complexity index is 780. The fourth-order valence-corrected chi connectivity index (χ4v) is 5.24. The summed E-state index contributed by atoms with van der Waals surface area (Å²) in [6.07, 6.45) is 5.16. The first kappa shape index (κ1) is 20.3. The number of carbonyl (C=O) groups excluding carboxylic acids is 1. The van der Waals surface area contributed by atoms with Crippen molar-refractivity contribution in [2.75, 3.05) is 39.8 Å². The highest BCUT2D eigenvalue weighted by atomic mass is 32.2. The maximum absolute atomic E-state index is 12.8. The summed E-state index contributed by atoms with van der Waals surface area (Å²) in [5.74, 6) is -0.115. The van der Waals surface area contributed by atoms with Crippen LogP contribution in [-0.4, -0.2) is 74.2 Å². The minimum absolute atomic E-state index is 0.112. The monoisotopic (exact) mass is 393 g/mol. The van der Waals surface area contributed by atoms with E-state index in [1.54, 1.807) is 23.1 Å². The van der Waals surface area contributed by atoms with Crippen molar-refractivity contribution in [1.29, 1.82) is 0 Å². The lowest BCUT2D eigenvalue weighted by atomic mass is 10.1. The third-order valence-electron chi connectivity index (χ3n) is 6.05. The van der Waals surface area contributed by atoms with E-state index in [4.69, 9.17) is 0 Å². The number of likely N-dealkylation sites (N-methyl/N-ethyl adjacent to an activating group) is 1. The summed E-state index contributed by atoms with van der Waals surface area (Å²) in [6.45, 7) is 6.89. The summed E-state index contributed by atoms with van der Waals surface area (Å²) >= 11 is 0. The molecule has 150 valence electrons. The van der Waals surface area contributed by atoms with E-state index in [9.17, 15) is 13.2 Å². The molecule has 0 bridgehead atoms. The molecular formula is C20H31N3O3S. The Morgan fingerprint density at radius 3 is 2.30 bits per heavy atom. The lowest BCUT2D eigenvalue weighted by Crippen LogP contribution is -2.53. The second-order valence-corrected chi connectivity index (χ2v) is 9.91. The van der Waals surface area contributed by atoms with Gasteiger partial charge in [-0.3, -0.25) is 9.69 Å². The predicted molar refractivity (Wildman–Crippen MR) is 106 cm³/mol. The number of carbonyl (C=O) groups is 1. The van der Waals surface area contributed by atoms with Gasteiger partial charge >= 0.3 is 0 Å². The fraction of sp³-hybridized carbons (Fsp3) is 0.650. The van der Waals surface area contributed by atoms with Crippen molar-refractivity contribution in [1.82, 2.24) is 14.1 Å². The van der Waals surface area contributed by atoms with Crippen LogP contribution in [0.25, 0.3) is 0 Å². The van der Waals surface area contributed by atoms with Crippen LogP contribution in [0.3, 0.4) is 0 Å². The molecule has 1 aromatic rings. The van der Waals surface area contributed by atoms with Crippen LogP contribution in [0.5, 0.6) is 0 Å². The van der Waals surface area contributed by atoms with E-state index < -0.39 is 10.0 Å². The maximum atomic E-state index is 12.8. The maximum Gasteiger partial charge on any atom is 0.243 e. The van der Waals surface area contributed by atoms with E-state index >= 15 is 0 Å². The number of aryl methyl sites for hydroxylation is 2. The molecule has 1 saturated heterocycles. The number of amides is 1. The Kier molecular flexibility index (Phi) is 6.23. The van der Waals surface area contributed by atoms with Gasteiger partial charge < -0.3 is 4.90 Å². The molecule has 2 fully saturated rings. The molecule has 1 heterocycles. The summed E-state index contributed by atoms with van der Waals surface area (Å²) in [7, 11) is -2.18. The zero-order valence-electron chi connectivity index (χ0n) is 16.6. The molecule has 1 saturated carbocycles. The number of piperazine rings is 1. The van der Waals surface area contributed by atoms with Gasteiger partial charge in [0.2, 0.25) is 15.9 Å². The summed E-state index contributed by atoms with van der Waals surface area (Å²) < 4.78 is 26.7. The van der Waals surface area contributed by atoms with Crippen molar-refractivity contribution >= 4 is 15.9 Å². The Balaban J connectivity index is 1.57. The molecule has 6 nitrogen and oxygen atoms in total. The second kappa shape index (κ2) is 8.29. The van der Waals surface area contributed by atoms with Gasteiger partial charge in [-0.15, -0.1) is 0 Å². The average Bonchev–Trinajstić information content (AvgIpc) is 3.18. The first-order chi connectivity index (χ1) is 12.8. The lowest BCUT2D eigenvalue weighted by Gasteiger charge is -2.38. The highest BCUT2D eigenvalue weighted by Gasteiger charge is 2.30. The molecule has 1 aliphatic heterocycles. The minimum atomic E-state index is -3.66. The van der Waals surface area contributed by atoms with Gasteiger partial charge in [-0.05, 0) is 49.9 Å². The van der Waals surface area contributed by atoms with Gasteiger partial charge in [0.15, 0.2) is 0 Å². The zero-order chi connectivity index (χ0) is 19.6. The number of hydrogen-bond donors (Lipinski definition) is 0. The molecule has 0 N–H and O–H groups in total. The molecule has 0 aromatic heterocycles. The Morgan fingerprint density at radius 2 is 1.70 bits per heavy atom. The SMILES string of the molecule is Cc1ccc(S(=O)(=O)N(C)CC(=O)N2CCN(C3CCCC3)CC2)cc1C. The normalized spacial score (nSPS) is 19.8. The number of hydrogen-bond acceptors (Lipinski definition) is 4. The Morgan fingerprint density at radius 1 is 1.07 bits per heavy atom. The highest BCUT2D eigenvalue weighted by Crippen LogP contribution is 2.24. The highest BCUT2D eigenvalue weighted by molar-refractivity contribution is 7.89. The zero-order valence-corrected chi connectivity index (χ0v) is 17.5. The second-order valence-electron chi connectivity index (χ2n) is 7.86. The van der Waals surface area contributed by atoms with E-state index in [-0.39, 0.29) is 17.3 Å². The molecule has 3 rings (SSSR count). The van der Waals surface area contributed by atoms with Crippen LogP contribution >= 0.6 is 0 Å². The Labute approximate surface area is 163 Å². The number of rotatable bonds is 5. The van der Waals surface area contributed by atoms with Gasteiger partial charge in [-0.1, -0.05) is 18.9 Å². The van der Waals surface area contributed by atoms with Crippen LogP contribution in [0.15, 0.2) is 23.1 Å². The first-order valence-corrected chi connectivity index (χ1v) is 11.3. The molecule has 0 radical (unpaired) electrons. The summed E-state index contributed by atoms with van der Waals surface area (Å²) in [5, 5.41) is 0. The van der Waals surface area contributed by atoms with Gasteiger partial charge in [-0.25, -0.2) is 8.42 Å². The molecule has 27 heavy (non-hydrogen) atoms. The van der Waals surface area contributed by atoms with Crippen LogP contribution < -0.4 is 0 Å². The van der Waals surface area contributed by atoms with Gasteiger partial charge in [-0.2, -0.15) is 4.31 Å². The smallest absolute Gasteiger partial charge is 0.243 e. The number of benzene rings is 1. The quantitative estimate of drug-likeness (QED) is 0.768. The molecule has 7 heteroatoms. The van der Waals surface area contributed by atoms with Crippen LogP contribution in [0.4, 0.5) is 0 Å². The van der Waals surface area contributed by atoms with Crippen molar-refractivity contribution in [3.05, 3.63) is 29.3 Å². The van der Waals surface area contributed by atoms with Crippen molar-refractivity contribution in [3.8, 4) is 0 Å². The van der Waals surface area contributed by atoms with Crippen LogP contribution in [-0.2, 0) is 14.8 Å².